The van der Waals surface area contributed by atoms with Gasteiger partial charge in [0, 0.05) is 36.8 Å². The number of ether oxygens (including phenoxy) is 1. The summed E-state index contributed by atoms with van der Waals surface area (Å²) in [4.78, 5) is 14.7. The minimum Gasteiger partial charge on any atom is -0.483 e. The van der Waals surface area contributed by atoms with Crippen LogP contribution in [-0.4, -0.2) is 42.0 Å². The first-order valence-corrected chi connectivity index (χ1v) is 10.3. The Labute approximate surface area is 159 Å². The molecule has 0 spiro atoms. The van der Waals surface area contributed by atoms with Crippen LogP contribution in [0, 0.1) is 0 Å². The van der Waals surface area contributed by atoms with Gasteiger partial charge < -0.3 is 10.1 Å². The summed E-state index contributed by atoms with van der Waals surface area (Å²) in [5.74, 6) is 3.05. The quantitative estimate of drug-likeness (QED) is 0.805. The van der Waals surface area contributed by atoms with Crippen LogP contribution in [0.2, 0.25) is 0 Å². The van der Waals surface area contributed by atoms with E-state index in [0.29, 0.717) is 0 Å². The summed E-state index contributed by atoms with van der Waals surface area (Å²) in [6.07, 6.45) is 0.884. The Morgan fingerprint density at radius 2 is 1.96 bits per heavy atom. The molecule has 1 aliphatic rings. The number of benzene rings is 2. The first kappa shape index (κ1) is 18.8. The minimum atomic E-state index is -0.137. The molecule has 138 valence electrons. The third-order valence-corrected chi connectivity index (χ3v) is 5.38. The summed E-state index contributed by atoms with van der Waals surface area (Å²) in [5.41, 5.74) is 3.17. The fourth-order valence-corrected chi connectivity index (χ4v) is 4.02. The Hall–Kier alpha value is -1.98. The average molecular weight is 371 g/mol. The molecule has 1 N–H and O–H groups in total. The second-order valence-electron chi connectivity index (χ2n) is 6.39. The van der Waals surface area contributed by atoms with Crippen molar-refractivity contribution < 1.29 is 9.53 Å². The highest BCUT2D eigenvalue weighted by atomic mass is 32.2. The number of carbonyl (C=O) groups is 1. The molecule has 1 amide bonds. The SMILES string of the molecule is CCc1ccccc1OCC(=O)Nc1cccc(CN2CCSCC2)c1. The van der Waals surface area contributed by atoms with Crippen LogP contribution in [0.1, 0.15) is 18.1 Å². The molecule has 0 bridgehead atoms. The summed E-state index contributed by atoms with van der Waals surface area (Å²) in [5, 5.41) is 2.94. The topological polar surface area (TPSA) is 41.6 Å². The molecule has 5 heteroatoms. The molecule has 2 aromatic carbocycles. The van der Waals surface area contributed by atoms with Gasteiger partial charge in [-0.3, -0.25) is 9.69 Å². The Kier molecular flexibility index (Phi) is 6.97. The molecule has 2 aromatic rings. The maximum Gasteiger partial charge on any atom is 0.262 e. The predicted octanol–water partition coefficient (Wildman–Crippen LogP) is 3.82. The van der Waals surface area contributed by atoms with Crippen LogP contribution in [0.25, 0.3) is 0 Å². The normalized spacial score (nSPS) is 14.8. The van der Waals surface area contributed by atoms with Crippen molar-refractivity contribution in [2.75, 3.05) is 36.5 Å². The van der Waals surface area contributed by atoms with Gasteiger partial charge >= 0.3 is 0 Å². The number of rotatable bonds is 7. The highest BCUT2D eigenvalue weighted by Crippen LogP contribution is 2.19. The molecule has 0 aliphatic carbocycles. The summed E-state index contributed by atoms with van der Waals surface area (Å²) in [7, 11) is 0. The van der Waals surface area contributed by atoms with Gasteiger partial charge in [0.1, 0.15) is 5.75 Å². The summed E-state index contributed by atoms with van der Waals surface area (Å²) in [6.45, 7) is 5.29. The molecule has 0 atom stereocenters. The van der Waals surface area contributed by atoms with E-state index in [0.717, 1.165) is 43.1 Å². The van der Waals surface area contributed by atoms with E-state index in [1.165, 1.54) is 17.1 Å². The molecule has 1 heterocycles. The van der Waals surface area contributed by atoms with E-state index in [-0.39, 0.29) is 12.5 Å². The van der Waals surface area contributed by atoms with Crippen LogP contribution in [-0.2, 0) is 17.8 Å². The number of hydrogen-bond acceptors (Lipinski definition) is 4. The number of anilines is 1. The largest absolute Gasteiger partial charge is 0.483 e. The monoisotopic (exact) mass is 370 g/mol. The molecule has 1 aliphatic heterocycles. The van der Waals surface area contributed by atoms with E-state index in [1.807, 2.05) is 48.2 Å². The van der Waals surface area contributed by atoms with Crippen molar-refractivity contribution in [3.8, 4) is 5.75 Å². The second-order valence-corrected chi connectivity index (χ2v) is 7.61. The van der Waals surface area contributed by atoms with Gasteiger partial charge in [-0.15, -0.1) is 0 Å². The Morgan fingerprint density at radius 3 is 2.77 bits per heavy atom. The van der Waals surface area contributed by atoms with Crippen molar-refractivity contribution in [3.05, 3.63) is 59.7 Å². The van der Waals surface area contributed by atoms with E-state index >= 15 is 0 Å². The lowest BCUT2D eigenvalue weighted by atomic mass is 10.1. The third-order valence-electron chi connectivity index (χ3n) is 4.43. The van der Waals surface area contributed by atoms with Crippen molar-refractivity contribution in [1.82, 2.24) is 4.90 Å². The van der Waals surface area contributed by atoms with Gasteiger partial charge in [0.15, 0.2) is 6.61 Å². The summed E-state index contributed by atoms with van der Waals surface area (Å²) < 4.78 is 5.69. The van der Waals surface area contributed by atoms with E-state index in [9.17, 15) is 4.79 Å². The van der Waals surface area contributed by atoms with Crippen molar-refractivity contribution in [2.24, 2.45) is 0 Å². The van der Waals surface area contributed by atoms with Crippen molar-refractivity contribution >= 4 is 23.4 Å². The van der Waals surface area contributed by atoms with Gasteiger partial charge in [-0.2, -0.15) is 11.8 Å². The number of carbonyl (C=O) groups excluding carboxylic acids is 1. The highest BCUT2D eigenvalue weighted by molar-refractivity contribution is 7.99. The molecule has 26 heavy (non-hydrogen) atoms. The minimum absolute atomic E-state index is 0.0184. The number of aryl methyl sites for hydroxylation is 1. The predicted molar refractivity (Wildman–Crippen MR) is 109 cm³/mol. The van der Waals surface area contributed by atoms with Crippen molar-refractivity contribution in [2.45, 2.75) is 19.9 Å². The van der Waals surface area contributed by atoms with Crippen LogP contribution in [0.5, 0.6) is 5.75 Å². The molecule has 3 rings (SSSR count). The van der Waals surface area contributed by atoms with Gasteiger partial charge in [-0.1, -0.05) is 37.3 Å². The molecule has 0 saturated carbocycles. The number of nitrogens with one attached hydrogen (secondary N) is 1. The van der Waals surface area contributed by atoms with Gasteiger partial charge in [0.2, 0.25) is 0 Å². The molecule has 1 fully saturated rings. The number of hydrogen-bond donors (Lipinski definition) is 1. The zero-order chi connectivity index (χ0) is 18.2. The number of nitrogens with zero attached hydrogens (tertiary/aromatic N) is 1. The average Bonchev–Trinajstić information content (AvgIpc) is 2.67. The fourth-order valence-electron chi connectivity index (χ4n) is 3.04. The smallest absolute Gasteiger partial charge is 0.262 e. The number of para-hydroxylation sites is 1. The maximum absolute atomic E-state index is 12.2. The fraction of sp³-hybridized carbons (Fsp3) is 0.381. The first-order chi connectivity index (χ1) is 12.7. The zero-order valence-corrected chi connectivity index (χ0v) is 16.1. The molecule has 4 nitrogen and oxygen atoms in total. The summed E-state index contributed by atoms with van der Waals surface area (Å²) >= 11 is 2.01. The van der Waals surface area contributed by atoms with Gasteiger partial charge in [0.25, 0.3) is 5.91 Å². The molecule has 0 radical (unpaired) electrons. The molecule has 0 unspecified atom stereocenters. The van der Waals surface area contributed by atoms with Crippen molar-refractivity contribution in [3.63, 3.8) is 0 Å². The van der Waals surface area contributed by atoms with Crippen LogP contribution in [0.15, 0.2) is 48.5 Å². The second kappa shape index (κ2) is 9.64. The van der Waals surface area contributed by atoms with Crippen LogP contribution >= 0.6 is 11.8 Å². The lowest BCUT2D eigenvalue weighted by molar-refractivity contribution is -0.118. The van der Waals surface area contributed by atoms with Crippen LogP contribution in [0.3, 0.4) is 0 Å². The van der Waals surface area contributed by atoms with Gasteiger partial charge in [-0.25, -0.2) is 0 Å². The standard InChI is InChI=1S/C21H26N2O2S/c1-2-18-7-3-4-9-20(18)25-16-21(24)22-19-8-5-6-17(14-19)15-23-10-12-26-13-11-23/h3-9,14H,2,10-13,15-16H2,1H3,(H,22,24). The maximum atomic E-state index is 12.2. The third kappa shape index (κ3) is 5.51. The Bertz CT molecular complexity index is 729. The first-order valence-electron chi connectivity index (χ1n) is 9.14. The van der Waals surface area contributed by atoms with E-state index in [2.05, 4.69) is 29.3 Å². The lowest BCUT2D eigenvalue weighted by Gasteiger charge is -2.26. The van der Waals surface area contributed by atoms with E-state index < -0.39 is 0 Å². The van der Waals surface area contributed by atoms with Gasteiger partial charge in [-0.05, 0) is 35.7 Å². The Balaban J connectivity index is 1.53. The molecular formula is C21H26N2O2S. The van der Waals surface area contributed by atoms with Gasteiger partial charge in [0.05, 0.1) is 0 Å². The Morgan fingerprint density at radius 1 is 1.15 bits per heavy atom. The molecule has 1 saturated heterocycles. The molecular weight excluding hydrogens is 344 g/mol. The highest BCUT2D eigenvalue weighted by Gasteiger charge is 2.11. The van der Waals surface area contributed by atoms with Crippen LogP contribution in [0.4, 0.5) is 5.69 Å². The van der Waals surface area contributed by atoms with E-state index in [4.69, 9.17) is 4.74 Å². The van der Waals surface area contributed by atoms with Crippen molar-refractivity contribution in [1.29, 1.82) is 0 Å². The number of thioether (sulfide) groups is 1. The lowest BCUT2D eigenvalue weighted by Crippen LogP contribution is -2.32. The summed E-state index contributed by atoms with van der Waals surface area (Å²) in [6, 6.07) is 15.9. The number of amides is 1. The molecule has 0 aromatic heterocycles. The van der Waals surface area contributed by atoms with E-state index in [1.54, 1.807) is 0 Å². The zero-order valence-electron chi connectivity index (χ0n) is 15.2. The van der Waals surface area contributed by atoms with Crippen LogP contribution < -0.4 is 10.1 Å².